The molecule has 1 atom stereocenters. The van der Waals surface area contributed by atoms with Gasteiger partial charge in [-0.1, -0.05) is 6.92 Å². The van der Waals surface area contributed by atoms with E-state index in [0.29, 0.717) is 6.54 Å². The van der Waals surface area contributed by atoms with Crippen molar-refractivity contribution in [2.45, 2.75) is 39.2 Å². The number of aliphatic carboxylic acids is 1. The normalized spacial score (nSPS) is 11.6. The van der Waals surface area contributed by atoms with Gasteiger partial charge < -0.3 is 15.7 Å². The molecule has 0 aliphatic carbocycles. The van der Waals surface area contributed by atoms with Crippen LogP contribution in [0.3, 0.4) is 0 Å². The third-order valence-corrected chi connectivity index (χ3v) is 1.90. The van der Waals surface area contributed by atoms with E-state index in [1.54, 1.807) is 0 Å². The third-order valence-electron chi connectivity index (χ3n) is 1.90. The van der Waals surface area contributed by atoms with Crippen LogP contribution in [-0.4, -0.2) is 35.5 Å². The lowest BCUT2D eigenvalue weighted by Gasteiger charge is -2.08. The summed E-state index contributed by atoms with van der Waals surface area (Å²) < 4.78 is 0. The van der Waals surface area contributed by atoms with Gasteiger partial charge in [0, 0.05) is 19.4 Å². The summed E-state index contributed by atoms with van der Waals surface area (Å²) in [4.78, 5) is 32.7. The Morgan fingerprint density at radius 3 is 2.25 bits per heavy atom. The van der Waals surface area contributed by atoms with Crippen molar-refractivity contribution in [3.63, 3.8) is 0 Å². The molecule has 0 unspecified atom stereocenters. The summed E-state index contributed by atoms with van der Waals surface area (Å²) in [7, 11) is 0. The smallest absolute Gasteiger partial charge is 0.325 e. The van der Waals surface area contributed by atoms with E-state index < -0.39 is 17.9 Å². The Bertz CT molecular complexity index is 266. The van der Waals surface area contributed by atoms with E-state index in [1.165, 1.54) is 6.92 Å². The molecule has 0 aliphatic rings. The lowest BCUT2D eigenvalue weighted by atomic mass is 10.2. The quantitative estimate of drug-likeness (QED) is 0.568. The van der Waals surface area contributed by atoms with Crippen LogP contribution in [0, 0.1) is 0 Å². The maximum atomic E-state index is 11.2. The number of hydrogen-bond donors (Lipinski definition) is 3. The van der Waals surface area contributed by atoms with Crippen LogP contribution in [0.2, 0.25) is 0 Å². The van der Waals surface area contributed by atoms with Gasteiger partial charge >= 0.3 is 5.97 Å². The van der Waals surface area contributed by atoms with Crippen molar-refractivity contribution in [2.24, 2.45) is 0 Å². The first-order valence-corrected chi connectivity index (χ1v) is 5.26. The van der Waals surface area contributed by atoms with E-state index in [4.69, 9.17) is 5.11 Å². The second-order valence-corrected chi connectivity index (χ2v) is 3.48. The summed E-state index contributed by atoms with van der Waals surface area (Å²) in [5.41, 5.74) is 0. The molecule has 0 rings (SSSR count). The molecule has 0 aliphatic heterocycles. The molecule has 16 heavy (non-hydrogen) atoms. The standard InChI is InChI=1S/C10H18N2O4/c1-3-6-11-8(13)4-5-9(14)12-7(2)10(15)16/h7H,3-6H2,1-2H3,(H,11,13)(H,12,14)(H,15,16)/t7-/m0/s1. The van der Waals surface area contributed by atoms with Crippen molar-refractivity contribution < 1.29 is 19.5 Å². The van der Waals surface area contributed by atoms with Crippen molar-refractivity contribution in [1.29, 1.82) is 0 Å². The molecular formula is C10H18N2O4. The molecule has 0 bridgehead atoms. The average Bonchev–Trinajstić information content (AvgIpc) is 2.23. The topological polar surface area (TPSA) is 95.5 Å². The number of rotatable bonds is 7. The number of amides is 2. The van der Waals surface area contributed by atoms with Crippen molar-refractivity contribution >= 4 is 17.8 Å². The molecule has 0 aromatic carbocycles. The van der Waals surface area contributed by atoms with Crippen LogP contribution in [0.15, 0.2) is 0 Å². The first kappa shape index (κ1) is 14.4. The molecule has 0 fully saturated rings. The SMILES string of the molecule is CCCNC(=O)CCC(=O)N[C@@H](C)C(=O)O. The fourth-order valence-corrected chi connectivity index (χ4v) is 0.955. The zero-order chi connectivity index (χ0) is 12.6. The first-order valence-electron chi connectivity index (χ1n) is 5.26. The molecule has 0 radical (unpaired) electrons. The molecule has 92 valence electrons. The Morgan fingerprint density at radius 2 is 1.75 bits per heavy atom. The Kier molecular flexibility index (Phi) is 6.91. The summed E-state index contributed by atoms with van der Waals surface area (Å²) >= 11 is 0. The average molecular weight is 230 g/mol. The Balaban J connectivity index is 3.73. The summed E-state index contributed by atoms with van der Waals surface area (Å²) in [6.07, 6.45) is 0.930. The maximum Gasteiger partial charge on any atom is 0.325 e. The zero-order valence-electron chi connectivity index (χ0n) is 9.58. The van der Waals surface area contributed by atoms with Gasteiger partial charge in [-0.05, 0) is 13.3 Å². The van der Waals surface area contributed by atoms with Gasteiger partial charge in [0.05, 0.1) is 0 Å². The van der Waals surface area contributed by atoms with Crippen LogP contribution < -0.4 is 10.6 Å². The van der Waals surface area contributed by atoms with Crippen molar-refractivity contribution in [3.05, 3.63) is 0 Å². The fraction of sp³-hybridized carbons (Fsp3) is 0.700. The lowest BCUT2D eigenvalue weighted by molar-refractivity contribution is -0.141. The van der Waals surface area contributed by atoms with Gasteiger partial charge in [-0.15, -0.1) is 0 Å². The summed E-state index contributed by atoms with van der Waals surface area (Å²) in [5.74, 6) is -1.72. The molecular weight excluding hydrogens is 212 g/mol. The monoisotopic (exact) mass is 230 g/mol. The fourth-order valence-electron chi connectivity index (χ4n) is 0.955. The van der Waals surface area contributed by atoms with E-state index in [0.717, 1.165) is 6.42 Å². The molecule has 0 heterocycles. The number of nitrogens with one attached hydrogen (secondary N) is 2. The van der Waals surface area contributed by atoms with Gasteiger partial charge in [-0.2, -0.15) is 0 Å². The molecule has 0 aromatic rings. The van der Waals surface area contributed by atoms with Crippen molar-refractivity contribution in [1.82, 2.24) is 10.6 Å². The Hall–Kier alpha value is -1.59. The van der Waals surface area contributed by atoms with Gasteiger partial charge in [0.2, 0.25) is 11.8 Å². The molecule has 6 heteroatoms. The Morgan fingerprint density at radius 1 is 1.19 bits per heavy atom. The molecule has 0 saturated carbocycles. The van der Waals surface area contributed by atoms with Gasteiger partial charge in [0.15, 0.2) is 0 Å². The van der Waals surface area contributed by atoms with Crippen LogP contribution in [0.4, 0.5) is 0 Å². The van der Waals surface area contributed by atoms with Gasteiger partial charge in [-0.25, -0.2) is 0 Å². The minimum atomic E-state index is -1.09. The first-order chi connectivity index (χ1) is 7.47. The molecule has 6 nitrogen and oxygen atoms in total. The van der Waals surface area contributed by atoms with Crippen LogP contribution in [0.25, 0.3) is 0 Å². The zero-order valence-corrected chi connectivity index (χ0v) is 9.58. The largest absolute Gasteiger partial charge is 0.480 e. The van der Waals surface area contributed by atoms with Crippen LogP contribution in [0.5, 0.6) is 0 Å². The highest BCUT2D eigenvalue weighted by atomic mass is 16.4. The number of carboxylic acid groups (broad SMARTS) is 1. The molecule has 0 aromatic heterocycles. The summed E-state index contributed by atoms with van der Waals surface area (Å²) in [6.45, 7) is 3.89. The number of carboxylic acids is 1. The maximum absolute atomic E-state index is 11.2. The van der Waals surface area contributed by atoms with Crippen LogP contribution in [-0.2, 0) is 14.4 Å². The van der Waals surface area contributed by atoms with E-state index in [2.05, 4.69) is 10.6 Å². The Labute approximate surface area is 94.4 Å². The second kappa shape index (κ2) is 7.67. The second-order valence-electron chi connectivity index (χ2n) is 3.48. The van der Waals surface area contributed by atoms with Crippen molar-refractivity contribution in [3.8, 4) is 0 Å². The van der Waals surface area contributed by atoms with E-state index in [9.17, 15) is 14.4 Å². The lowest BCUT2D eigenvalue weighted by Crippen LogP contribution is -2.38. The highest BCUT2D eigenvalue weighted by molar-refractivity contribution is 5.86. The van der Waals surface area contributed by atoms with E-state index >= 15 is 0 Å². The van der Waals surface area contributed by atoms with E-state index in [-0.39, 0.29) is 18.7 Å². The number of hydrogen-bond acceptors (Lipinski definition) is 3. The summed E-state index contributed by atoms with van der Waals surface area (Å²) in [5, 5.41) is 13.4. The minimum absolute atomic E-state index is 0.00711. The predicted octanol–water partition coefficient (Wildman–Crippen LogP) is -0.118. The molecule has 0 saturated heterocycles. The van der Waals surface area contributed by atoms with Crippen molar-refractivity contribution in [2.75, 3.05) is 6.54 Å². The third kappa shape index (κ3) is 6.80. The highest BCUT2D eigenvalue weighted by Crippen LogP contribution is 1.91. The van der Waals surface area contributed by atoms with Crippen LogP contribution in [0.1, 0.15) is 33.1 Å². The van der Waals surface area contributed by atoms with Gasteiger partial charge in [0.25, 0.3) is 0 Å². The minimum Gasteiger partial charge on any atom is -0.480 e. The molecule has 0 spiro atoms. The van der Waals surface area contributed by atoms with Gasteiger partial charge in [-0.3, -0.25) is 14.4 Å². The number of carbonyl (C=O) groups excluding carboxylic acids is 2. The predicted molar refractivity (Wildman–Crippen MR) is 57.8 cm³/mol. The number of carbonyl (C=O) groups is 3. The highest BCUT2D eigenvalue weighted by Gasteiger charge is 2.14. The van der Waals surface area contributed by atoms with Gasteiger partial charge in [0.1, 0.15) is 6.04 Å². The van der Waals surface area contributed by atoms with E-state index in [1.807, 2.05) is 6.92 Å². The molecule has 3 N–H and O–H groups in total. The van der Waals surface area contributed by atoms with Crippen LogP contribution >= 0.6 is 0 Å². The molecule has 2 amide bonds. The summed E-state index contributed by atoms with van der Waals surface area (Å²) in [6, 6.07) is -0.925.